The summed E-state index contributed by atoms with van der Waals surface area (Å²) in [7, 11) is 2.91. The highest BCUT2D eigenvalue weighted by atomic mass is 35.5. The van der Waals surface area contributed by atoms with Gasteiger partial charge in [0.05, 0.1) is 17.8 Å². The second-order valence-electron chi connectivity index (χ2n) is 7.88. The van der Waals surface area contributed by atoms with Crippen molar-refractivity contribution in [3.63, 3.8) is 0 Å². The van der Waals surface area contributed by atoms with Gasteiger partial charge in [-0.3, -0.25) is 9.67 Å². The zero-order chi connectivity index (χ0) is 23.2. The molecule has 0 aliphatic rings. The molecule has 0 aliphatic carbocycles. The number of benzene rings is 1. The number of aryl methyl sites for hydroxylation is 2. The molecule has 0 saturated carbocycles. The van der Waals surface area contributed by atoms with E-state index in [1.165, 1.54) is 12.7 Å². The highest BCUT2D eigenvalue weighted by molar-refractivity contribution is 6.33. The predicted octanol–water partition coefficient (Wildman–Crippen LogP) is 5.49. The SMILES string of the molecule is CCn1nc(C)c(Cl)c1/C(OCOC(=O)OC)=C(\C=N/C)c1ccc(C(C)(C)C)cc1. The number of allylic oxidation sites excluding steroid dienone is 1. The van der Waals surface area contributed by atoms with Crippen LogP contribution in [0.3, 0.4) is 0 Å². The fourth-order valence-electron chi connectivity index (χ4n) is 3.02. The van der Waals surface area contributed by atoms with Crippen molar-refractivity contribution >= 4 is 35.3 Å². The lowest BCUT2D eigenvalue weighted by atomic mass is 9.86. The van der Waals surface area contributed by atoms with Crippen LogP contribution in [0.1, 0.15) is 50.2 Å². The number of aromatic nitrogens is 2. The molecule has 7 nitrogen and oxygen atoms in total. The topological polar surface area (TPSA) is 74.9 Å². The van der Waals surface area contributed by atoms with E-state index in [1.54, 1.807) is 17.9 Å². The maximum Gasteiger partial charge on any atom is 0.510 e. The maximum atomic E-state index is 11.4. The second-order valence-corrected chi connectivity index (χ2v) is 8.26. The third-order valence-corrected chi connectivity index (χ3v) is 5.13. The van der Waals surface area contributed by atoms with Gasteiger partial charge in [0.1, 0.15) is 5.69 Å². The summed E-state index contributed by atoms with van der Waals surface area (Å²) in [4.78, 5) is 15.6. The number of carbonyl (C=O) groups excluding carboxylic acids is 1. The molecule has 0 aliphatic heterocycles. The molecule has 1 heterocycles. The van der Waals surface area contributed by atoms with E-state index in [1.807, 2.05) is 26.0 Å². The maximum absolute atomic E-state index is 11.4. The van der Waals surface area contributed by atoms with Gasteiger partial charge in [0.25, 0.3) is 0 Å². The van der Waals surface area contributed by atoms with Crippen molar-refractivity contribution in [1.82, 2.24) is 9.78 Å². The number of carbonyl (C=O) groups is 1. The number of hydrogen-bond donors (Lipinski definition) is 0. The lowest BCUT2D eigenvalue weighted by molar-refractivity contribution is 0.00351. The lowest BCUT2D eigenvalue weighted by Crippen LogP contribution is -2.12. The Morgan fingerprint density at radius 3 is 2.39 bits per heavy atom. The van der Waals surface area contributed by atoms with Crippen LogP contribution in [-0.2, 0) is 26.2 Å². The normalized spacial score (nSPS) is 12.6. The molecule has 0 bridgehead atoms. The van der Waals surface area contributed by atoms with Crippen LogP contribution in [0.2, 0.25) is 5.02 Å². The van der Waals surface area contributed by atoms with E-state index >= 15 is 0 Å². The van der Waals surface area contributed by atoms with E-state index < -0.39 is 6.16 Å². The smallest absolute Gasteiger partial charge is 0.454 e. The molecule has 0 atom stereocenters. The van der Waals surface area contributed by atoms with E-state index in [2.05, 4.69) is 47.7 Å². The summed E-state index contributed by atoms with van der Waals surface area (Å²) in [5.41, 5.74) is 4.05. The minimum absolute atomic E-state index is 0.0240. The summed E-state index contributed by atoms with van der Waals surface area (Å²) in [5, 5.41) is 4.95. The first kappa shape index (κ1) is 24.5. The van der Waals surface area contributed by atoms with Gasteiger partial charge >= 0.3 is 6.16 Å². The molecule has 0 radical (unpaired) electrons. The molecule has 0 unspecified atom stereocenters. The number of rotatable bonds is 7. The highest BCUT2D eigenvalue weighted by Gasteiger charge is 2.23. The van der Waals surface area contributed by atoms with Crippen molar-refractivity contribution in [3.05, 3.63) is 51.8 Å². The minimum Gasteiger partial charge on any atom is -0.454 e. The molecule has 0 N–H and O–H groups in total. The van der Waals surface area contributed by atoms with Crippen LogP contribution in [0.4, 0.5) is 4.79 Å². The molecule has 8 heteroatoms. The van der Waals surface area contributed by atoms with Gasteiger partial charge in [0.15, 0.2) is 5.76 Å². The standard InChI is InChI=1S/C23H30ClN3O4/c1-8-27-20(19(24)15(2)26-27)21(30-14-31-22(28)29-7)18(13-25-6)16-9-11-17(12-10-16)23(3,4)5/h9-13H,8,14H2,1-7H3/b21-18-,25-13-. The average molecular weight is 448 g/mol. The third-order valence-electron chi connectivity index (χ3n) is 4.68. The quantitative estimate of drug-likeness (QED) is 0.243. The van der Waals surface area contributed by atoms with E-state index in [-0.39, 0.29) is 12.2 Å². The van der Waals surface area contributed by atoms with Gasteiger partial charge in [-0.05, 0) is 30.4 Å². The van der Waals surface area contributed by atoms with E-state index in [0.29, 0.717) is 34.3 Å². The van der Waals surface area contributed by atoms with Crippen LogP contribution in [0.25, 0.3) is 11.3 Å². The molecule has 31 heavy (non-hydrogen) atoms. The summed E-state index contributed by atoms with van der Waals surface area (Å²) in [6, 6.07) is 8.17. The molecule has 0 fully saturated rings. The third kappa shape index (κ3) is 5.88. The van der Waals surface area contributed by atoms with Gasteiger partial charge in [-0.2, -0.15) is 5.10 Å². The number of nitrogens with zero attached hydrogens (tertiary/aromatic N) is 3. The molecule has 168 valence electrons. The molecule has 1 aromatic carbocycles. The number of methoxy groups -OCH3 is 1. The van der Waals surface area contributed by atoms with E-state index in [9.17, 15) is 4.79 Å². The summed E-state index contributed by atoms with van der Waals surface area (Å²) in [6.07, 6.45) is 0.851. The first-order chi connectivity index (χ1) is 14.6. The van der Waals surface area contributed by atoms with Crippen LogP contribution in [-0.4, -0.2) is 43.1 Å². The Morgan fingerprint density at radius 1 is 1.23 bits per heavy atom. The molecule has 0 spiro atoms. The first-order valence-electron chi connectivity index (χ1n) is 9.98. The second kappa shape index (κ2) is 10.5. The van der Waals surface area contributed by atoms with E-state index in [0.717, 1.165) is 5.56 Å². The van der Waals surface area contributed by atoms with Crippen LogP contribution < -0.4 is 0 Å². The summed E-state index contributed by atoms with van der Waals surface area (Å²) >= 11 is 6.60. The molecule has 0 amide bonds. The molecule has 0 saturated heterocycles. The Labute approximate surface area is 188 Å². The van der Waals surface area contributed by atoms with Crippen LogP contribution in [0, 0.1) is 6.92 Å². The van der Waals surface area contributed by atoms with Crippen LogP contribution in [0.5, 0.6) is 0 Å². The number of aliphatic imine (C=N–C) groups is 1. The molecule has 2 aromatic rings. The summed E-state index contributed by atoms with van der Waals surface area (Å²) in [5.74, 6) is 0.408. The largest absolute Gasteiger partial charge is 0.510 e. The fraction of sp³-hybridized carbons (Fsp3) is 0.435. The van der Waals surface area contributed by atoms with Gasteiger partial charge in [-0.25, -0.2) is 4.79 Å². The van der Waals surface area contributed by atoms with Crippen molar-refractivity contribution < 1.29 is 19.0 Å². The Balaban J connectivity index is 2.67. The molecular weight excluding hydrogens is 418 g/mol. The fourth-order valence-corrected chi connectivity index (χ4v) is 3.24. The predicted molar refractivity (Wildman–Crippen MR) is 123 cm³/mol. The van der Waals surface area contributed by atoms with Gasteiger partial charge in [-0.15, -0.1) is 0 Å². The van der Waals surface area contributed by atoms with Crippen molar-refractivity contribution in [2.45, 2.75) is 46.6 Å². The van der Waals surface area contributed by atoms with Crippen molar-refractivity contribution in [3.8, 4) is 0 Å². The minimum atomic E-state index is -0.842. The van der Waals surface area contributed by atoms with Gasteiger partial charge in [0, 0.05) is 25.4 Å². The van der Waals surface area contributed by atoms with Gasteiger partial charge in [-0.1, -0.05) is 56.6 Å². The van der Waals surface area contributed by atoms with Crippen LogP contribution in [0.15, 0.2) is 29.3 Å². The van der Waals surface area contributed by atoms with Crippen molar-refractivity contribution in [1.29, 1.82) is 0 Å². The zero-order valence-electron chi connectivity index (χ0n) is 19.2. The summed E-state index contributed by atoms with van der Waals surface area (Å²) < 4.78 is 17.1. The monoisotopic (exact) mass is 447 g/mol. The molecular formula is C23H30ClN3O4. The zero-order valence-corrected chi connectivity index (χ0v) is 19.9. The van der Waals surface area contributed by atoms with Crippen molar-refractivity contribution in [2.75, 3.05) is 21.0 Å². The molecule has 2 rings (SSSR count). The van der Waals surface area contributed by atoms with Gasteiger partial charge < -0.3 is 14.2 Å². The number of ether oxygens (including phenoxy) is 3. The Morgan fingerprint density at radius 2 is 1.87 bits per heavy atom. The van der Waals surface area contributed by atoms with Crippen LogP contribution >= 0.6 is 11.6 Å². The van der Waals surface area contributed by atoms with Gasteiger partial charge in [0.2, 0.25) is 6.79 Å². The number of halogens is 1. The lowest BCUT2D eigenvalue weighted by Gasteiger charge is -2.20. The molecule has 1 aromatic heterocycles. The Hall–Kier alpha value is -2.80. The van der Waals surface area contributed by atoms with E-state index in [4.69, 9.17) is 21.1 Å². The average Bonchev–Trinajstić information content (AvgIpc) is 3.03. The van der Waals surface area contributed by atoms with Crippen molar-refractivity contribution in [2.24, 2.45) is 4.99 Å². The Bertz CT molecular complexity index is 970. The Kier molecular flexibility index (Phi) is 8.28. The highest BCUT2D eigenvalue weighted by Crippen LogP contribution is 2.34. The summed E-state index contributed by atoms with van der Waals surface area (Å²) in [6.45, 7) is 10.5. The first-order valence-corrected chi connectivity index (χ1v) is 10.4. The number of hydrogen-bond acceptors (Lipinski definition) is 6.